The molecule has 1 aliphatic rings. The van der Waals surface area contributed by atoms with E-state index in [0.29, 0.717) is 0 Å². The minimum Gasteiger partial charge on any atom is -0.488 e. The molecule has 86 valence electrons. The van der Waals surface area contributed by atoms with Crippen LogP contribution in [0.3, 0.4) is 0 Å². The topological polar surface area (TPSA) is 55.8 Å². The van der Waals surface area contributed by atoms with Crippen LogP contribution in [0.4, 0.5) is 0 Å². The molecular weight excluding hydrogens is 196 g/mol. The zero-order chi connectivity index (χ0) is 11.8. The first-order chi connectivity index (χ1) is 6.76. The third kappa shape index (κ3) is 2.15. The summed E-state index contributed by atoms with van der Waals surface area (Å²) < 4.78 is 10.7. The van der Waals surface area contributed by atoms with Crippen molar-refractivity contribution in [1.29, 1.82) is 0 Å². The lowest BCUT2D eigenvalue weighted by Crippen LogP contribution is -2.51. The highest BCUT2D eigenvalue weighted by Crippen LogP contribution is 2.37. The van der Waals surface area contributed by atoms with Crippen molar-refractivity contribution in [2.45, 2.75) is 52.4 Å². The van der Waals surface area contributed by atoms with Crippen LogP contribution >= 0.6 is 0 Å². The van der Waals surface area contributed by atoms with Crippen LogP contribution in [-0.4, -0.2) is 28.7 Å². The van der Waals surface area contributed by atoms with Crippen molar-refractivity contribution in [3.8, 4) is 0 Å². The highest BCUT2D eigenvalue weighted by Gasteiger charge is 2.53. The SMILES string of the molecule is CC(C)OC1=C(OC(C)C)C(C)(O)C1=O. The van der Waals surface area contributed by atoms with Gasteiger partial charge in [-0.25, -0.2) is 0 Å². The lowest BCUT2D eigenvalue weighted by Gasteiger charge is -2.37. The van der Waals surface area contributed by atoms with Crippen molar-refractivity contribution >= 4 is 5.78 Å². The van der Waals surface area contributed by atoms with E-state index >= 15 is 0 Å². The van der Waals surface area contributed by atoms with E-state index in [1.54, 1.807) is 0 Å². The van der Waals surface area contributed by atoms with E-state index in [1.165, 1.54) is 6.92 Å². The quantitative estimate of drug-likeness (QED) is 0.768. The summed E-state index contributed by atoms with van der Waals surface area (Å²) in [6.07, 6.45) is -0.198. The smallest absolute Gasteiger partial charge is 0.240 e. The number of hydrogen-bond donors (Lipinski definition) is 1. The zero-order valence-corrected chi connectivity index (χ0v) is 9.83. The summed E-state index contributed by atoms with van der Waals surface area (Å²) in [6, 6.07) is 0. The lowest BCUT2D eigenvalue weighted by atomic mass is 9.84. The molecule has 0 heterocycles. The summed E-state index contributed by atoms with van der Waals surface area (Å²) in [4.78, 5) is 11.5. The van der Waals surface area contributed by atoms with Crippen molar-refractivity contribution < 1.29 is 19.4 Å². The molecule has 0 spiro atoms. The summed E-state index contributed by atoms with van der Waals surface area (Å²) in [6.45, 7) is 8.72. The number of ketones is 1. The van der Waals surface area contributed by atoms with Crippen LogP contribution in [-0.2, 0) is 14.3 Å². The first kappa shape index (κ1) is 12.0. The van der Waals surface area contributed by atoms with Crippen LogP contribution in [0.15, 0.2) is 11.5 Å². The third-order valence-corrected chi connectivity index (χ3v) is 2.00. The summed E-state index contributed by atoms with van der Waals surface area (Å²) in [5.41, 5.74) is -1.52. The maximum absolute atomic E-state index is 11.5. The van der Waals surface area contributed by atoms with E-state index < -0.39 is 11.4 Å². The van der Waals surface area contributed by atoms with Crippen LogP contribution in [0.2, 0.25) is 0 Å². The second-order valence-corrected chi connectivity index (χ2v) is 4.39. The highest BCUT2D eigenvalue weighted by atomic mass is 16.5. The van der Waals surface area contributed by atoms with Crippen LogP contribution in [0.25, 0.3) is 0 Å². The van der Waals surface area contributed by atoms with Crippen molar-refractivity contribution in [3.05, 3.63) is 11.5 Å². The Hall–Kier alpha value is -1.03. The van der Waals surface area contributed by atoms with E-state index in [9.17, 15) is 9.90 Å². The van der Waals surface area contributed by atoms with Gasteiger partial charge in [-0.1, -0.05) is 0 Å². The second kappa shape index (κ2) is 3.85. The molecule has 15 heavy (non-hydrogen) atoms. The molecule has 0 aromatic heterocycles. The number of rotatable bonds is 4. The Balaban J connectivity index is 2.91. The minimum absolute atomic E-state index is 0.0923. The molecule has 0 saturated heterocycles. The zero-order valence-electron chi connectivity index (χ0n) is 9.83. The van der Waals surface area contributed by atoms with Gasteiger partial charge < -0.3 is 14.6 Å². The van der Waals surface area contributed by atoms with Gasteiger partial charge in [0, 0.05) is 0 Å². The molecule has 0 bridgehead atoms. The summed E-state index contributed by atoms with van der Waals surface area (Å²) >= 11 is 0. The standard InChI is InChI=1S/C11H18O4/c1-6(2)14-8-9(12)11(5,13)10(8)15-7(3)4/h6-7,13H,1-5H3. The maximum Gasteiger partial charge on any atom is 0.240 e. The van der Waals surface area contributed by atoms with Gasteiger partial charge in [-0.05, 0) is 34.6 Å². The maximum atomic E-state index is 11.5. The molecule has 1 aliphatic carbocycles. The molecule has 0 aliphatic heterocycles. The molecule has 0 amide bonds. The largest absolute Gasteiger partial charge is 0.488 e. The van der Waals surface area contributed by atoms with Crippen LogP contribution in [0.1, 0.15) is 34.6 Å². The number of ether oxygens (including phenoxy) is 2. The fraction of sp³-hybridized carbons (Fsp3) is 0.727. The predicted octanol–water partition coefficient (Wildman–Crippen LogP) is 1.38. The van der Waals surface area contributed by atoms with Gasteiger partial charge in [-0.15, -0.1) is 0 Å². The molecule has 4 nitrogen and oxygen atoms in total. The minimum atomic E-state index is -1.52. The fourth-order valence-electron chi connectivity index (χ4n) is 1.33. The molecule has 0 saturated carbocycles. The lowest BCUT2D eigenvalue weighted by molar-refractivity contribution is -0.147. The molecule has 4 heteroatoms. The third-order valence-electron chi connectivity index (χ3n) is 2.00. The molecule has 0 aromatic rings. The van der Waals surface area contributed by atoms with E-state index in [-0.39, 0.29) is 23.7 Å². The van der Waals surface area contributed by atoms with Crippen molar-refractivity contribution in [2.24, 2.45) is 0 Å². The Morgan fingerprint density at radius 3 is 2.00 bits per heavy atom. The monoisotopic (exact) mass is 214 g/mol. The number of aliphatic hydroxyl groups is 1. The molecule has 1 unspecified atom stereocenters. The molecule has 1 N–H and O–H groups in total. The average Bonchev–Trinajstić information content (AvgIpc) is 2.09. The van der Waals surface area contributed by atoms with Crippen molar-refractivity contribution in [3.63, 3.8) is 0 Å². The second-order valence-electron chi connectivity index (χ2n) is 4.39. The Labute approximate surface area is 89.9 Å². The molecule has 0 aromatic carbocycles. The van der Waals surface area contributed by atoms with Crippen LogP contribution in [0, 0.1) is 0 Å². The average molecular weight is 214 g/mol. The Bertz CT molecular complexity index is 300. The van der Waals surface area contributed by atoms with Crippen LogP contribution in [0.5, 0.6) is 0 Å². The van der Waals surface area contributed by atoms with E-state index in [1.807, 2.05) is 27.7 Å². The van der Waals surface area contributed by atoms with Crippen LogP contribution < -0.4 is 0 Å². The van der Waals surface area contributed by atoms with Gasteiger partial charge in [0.05, 0.1) is 12.2 Å². The van der Waals surface area contributed by atoms with Gasteiger partial charge in [0.15, 0.2) is 11.4 Å². The van der Waals surface area contributed by atoms with Gasteiger partial charge in [-0.3, -0.25) is 4.79 Å². The van der Waals surface area contributed by atoms with Crippen molar-refractivity contribution in [1.82, 2.24) is 0 Å². The molecular formula is C11H18O4. The number of hydrogen-bond acceptors (Lipinski definition) is 4. The fourth-order valence-corrected chi connectivity index (χ4v) is 1.33. The summed E-state index contributed by atoms with van der Waals surface area (Å²) in [5.74, 6) is -0.00764. The van der Waals surface area contributed by atoms with Gasteiger partial charge in [-0.2, -0.15) is 0 Å². The molecule has 0 radical (unpaired) electrons. The Kier molecular flexibility index (Phi) is 3.09. The van der Waals surface area contributed by atoms with Gasteiger partial charge in [0.1, 0.15) is 0 Å². The number of Topliss-reactive ketones (excluding diaryl/α,β-unsaturated/α-hetero) is 1. The van der Waals surface area contributed by atoms with Gasteiger partial charge in [0.2, 0.25) is 11.5 Å². The summed E-state index contributed by atoms with van der Waals surface area (Å²) in [7, 11) is 0. The van der Waals surface area contributed by atoms with Gasteiger partial charge >= 0.3 is 0 Å². The molecule has 0 fully saturated rings. The van der Waals surface area contributed by atoms with E-state index in [4.69, 9.17) is 9.47 Å². The summed E-state index contributed by atoms with van der Waals surface area (Å²) in [5, 5.41) is 9.76. The normalized spacial score (nSPS) is 26.0. The number of carbonyl (C=O) groups is 1. The first-order valence-corrected chi connectivity index (χ1v) is 5.12. The Morgan fingerprint density at radius 1 is 1.13 bits per heavy atom. The first-order valence-electron chi connectivity index (χ1n) is 5.12. The molecule has 1 rings (SSSR count). The molecule has 1 atom stereocenters. The highest BCUT2D eigenvalue weighted by molar-refractivity contribution is 6.09. The van der Waals surface area contributed by atoms with Gasteiger partial charge in [0.25, 0.3) is 0 Å². The van der Waals surface area contributed by atoms with E-state index in [0.717, 1.165) is 0 Å². The van der Waals surface area contributed by atoms with E-state index in [2.05, 4.69) is 0 Å². The van der Waals surface area contributed by atoms with Crippen molar-refractivity contribution in [2.75, 3.05) is 0 Å². The number of carbonyl (C=O) groups excluding carboxylic acids is 1. The predicted molar refractivity (Wildman–Crippen MR) is 55.1 cm³/mol. The Morgan fingerprint density at radius 2 is 1.60 bits per heavy atom.